The van der Waals surface area contributed by atoms with E-state index in [0.717, 1.165) is 24.4 Å². The van der Waals surface area contributed by atoms with E-state index >= 15 is 0 Å². The average molecular weight is 278 g/mol. The molecule has 1 aromatic rings. The SMILES string of the molecule is CCOc1ccc(N2CCC(NC)C2=O)cc1OCC. The van der Waals surface area contributed by atoms with Gasteiger partial charge in [-0.25, -0.2) is 0 Å². The standard InChI is InChI=1S/C15H22N2O3/c1-4-19-13-7-6-11(10-14(13)20-5-2)17-9-8-12(16-3)15(17)18/h6-7,10,12,16H,4-5,8-9H2,1-3H3. The van der Waals surface area contributed by atoms with Gasteiger partial charge in [0.25, 0.3) is 0 Å². The molecule has 1 amide bonds. The van der Waals surface area contributed by atoms with E-state index < -0.39 is 0 Å². The van der Waals surface area contributed by atoms with Crippen molar-refractivity contribution in [3.05, 3.63) is 18.2 Å². The van der Waals surface area contributed by atoms with E-state index in [2.05, 4.69) is 5.32 Å². The van der Waals surface area contributed by atoms with Gasteiger partial charge in [-0.2, -0.15) is 0 Å². The third-order valence-corrected chi connectivity index (χ3v) is 3.39. The van der Waals surface area contributed by atoms with Gasteiger partial charge in [0.05, 0.1) is 19.3 Å². The number of carbonyl (C=O) groups excluding carboxylic acids is 1. The summed E-state index contributed by atoms with van der Waals surface area (Å²) in [6.07, 6.45) is 0.826. The number of ether oxygens (including phenoxy) is 2. The van der Waals surface area contributed by atoms with Crippen molar-refractivity contribution >= 4 is 11.6 Å². The fourth-order valence-corrected chi connectivity index (χ4v) is 2.41. The quantitative estimate of drug-likeness (QED) is 0.862. The zero-order valence-electron chi connectivity index (χ0n) is 12.3. The van der Waals surface area contributed by atoms with Gasteiger partial charge in [0, 0.05) is 18.3 Å². The van der Waals surface area contributed by atoms with Crippen molar-refractivity contribution in [2.75, 3.05) is 31.7 Å². The zero-order valence-corrected chi connectivity index (χ0v) is 12.3. The number of likely N-dealkylation sites (N-methyl/N-ethyl adjacent to an activating group) is 1. The predicted molar refractivity (Wildman–Crippen MR) is 78.6 cm³/mol. The van der Waals surface area contributed by atoms with Crippen molar-refractivity contribution in [3.8, 4) is 11.5 Å². The van der Waals surface area contributed by atoms with Crippen LogP contribution in [0.15, 0.2) is 18.2 Å². The highest BCUT2D eigenvalue weighted by Crippen LogP contribution is 2.33. The topological polar surface area (TPSA) is 50.8 Å². The van der Waals surface area contributed by atoms with E-state index in [1.54, 1.807) is 4.90 Å². The minimum absolute atomic E-state index is 0.0860. The number of benzene rings is 1. The molecule has 2 rings (SSSR count). The third kappa shape index (κ3) is 2.88. The van der Waals surface area contributed by atoms with E-state index in [4.69, 9.17) is 9.47 Å². The van der Waals surface area contributed by atoms with Gasteiger partial charge >= 0.3 is 0 Å². The van der Waals surface area contributed by atoms with E-state index in [0.29, 0.717) is 19.0 Å². The van der Waals surface area contributed by atoms with Crippen LogP contribution in [-0.4, -0.2) is 38.8 Å². The number of rotatable bonds is 6. The Balaban J connectivity index is 2.24. The van der Waals surface area contributed by atoms with Crippen LogP contribution in [0.4, 0.5) is 5.69 Å². The number of nitrogens with one attached hydrogen (secondary N) is 1. The lowest BCUT2D eigenvalue weighted by Gasteiger charge is -2.19. The first kappa shape index (κ1) is 14.7. The molecule has 1 aromatic carbocycles. The summed E-state index contributed by atoms with van der Waals surface area (Å²) in [6, 6.07) is 5.56. The molecule has 0 bridgehead atoms. The molecule has 5 nitrogen and oxygen atoms in total. The molecular formula is C15H22N2O3. The molecule has 1 unspecified atom stereocenters. The summed E-state index contributed by atoms with van der Waals surface area (Å²) in [7, 11) is 1.82. The summed E-state index contributed by atoms with van der Waals surface area (Å²) >= 11 is 0. The summed E-state index contributed by atoms with van der Waals surface area (Å²) in [5, 5.41) is 3.04. The Kier molecular flexibility index (Phi) is 4.84. The fraction of sp³-hybridized carbons (Fsp3) is 0.533. The van der Waals surface area contributed by atoms with Crippen LogP contribution < -0.4 is 19.7 Å². The Hall–Kier alpha value is -1.75. The first-order valence-corrected chi connectivity index (χ1v) is 7.09. The molecule has 1 aliphatic rings. The maximum Gasteiger partial charge on any atom is 0.244 e. The number of carbonyl (C=O) groups is 1. The Morgan fingerprint density at radius 3 is 2.55 bits per heavy atom. The maximum absolute atomic E-state index is 12.2. The molecule has 0 saturated carbocycles. The lowest BCUT2D eigenvalue weighted by atomic mass is 10.2. The number of amides is 1. The molecule has 0 spiro atoms. The highest BCUT2D eigenvalue weighted by molar-refractivity contribution is 5.99. The largest absolute Gasteiger partial charge is 0.490 e. The molecule has 20 heavy (non-hydrogen) atoms. The molecule has 0 aromatic heterocycles. The smallest absolute Gasteiger partial charge is 0.244 e. The van der Waals surface area contributed by atoms with Crippen LogP contribution in [0.2, 0.25) is 0 Å². The van der Waals surface area contributed by atoms with Crippen molar-refractivity contribution in [1.29, 1.82) is 0 Å². The average Bonchev–Trinajstić information content (AvgIpc) is 2.82. The molecular weight excluding hydrogens is 256 g/mol. The molecule has 1 saturated heterocycles. The van der Waals surface area contributed by atoms with Gasteiger partial charge in [-0.3, -0.25) is 4.79 Å². The molecule has 1 fully saturated rings. The van der Waals surface area contributed by atoms with Gasteiger partial charge in [0.15, 0.2) is 11.5 Å². The lowest BCUT2D eigenvalue weighted by molar-refractivity contribution is -0.118. The number of anilines is 1. The number of nitrogens with zero attached hydrogens (tertiary/aromatic N) is 1. The van der Waals surface area contributed by atoms with E-state index in [1.807, 2.05) is 39.1 Å². The van der Waals surface area contributed by atoms with Crippen LogP contribution in [-0.2, 0) is 4.79 Å². The van der Waals surface area contributed by atoms with Crippen molar-refractivity contribution in [2.45, 2.75) is 26.3 Å². The Morgan fingerprint density at radius 2 is 1.95 bits per heavy atom. The van der Waals surface area contributed by atoms with E-state index in [1.165, 1.54) is 0 Å². The fourth-order valence-electron chi connectivity index (χ4n) is 2.41. The van der Waals surface area contributed by atoms with Crippen molar-refractivity contribution in [3.63, 3.8) is 0 Å². The first-order chi connectivity index (χ1) is 9.71. The highest BCUT2D eigenvalue weighted by atomic mass is 16.5. The van der Waals surface area contributed by atoms with E-state index in [-0.39, 0.29) is 11.9 Å². The second-order valence-corrected chi connectivity index (χ2v) is 4.62. The Bertz CT molecular complexity index is 476. The molecule has 0 aliphatic carbocycles. The number of hydrogen-bond acceptors (Lipinski definition) is 4. The van der Waals surface area contributed by atoms with Crippen molar-refractivity contribution < 1.29 is 14.3 Å². The van der Waals surface area contributed by atoms with Gasteiger partial charge < -0.3 is 19.7 Å². The summed E-state index contributed by atoms with van der Waals surface area (Å²) in [5.74, 6) is 1.52. The van der Waals surface area contributed by atoms with Crippen molar-refractivity contribution in [2.24, 2.45) is 0 Å². The second kappa shape index (κ2) is 6.61. The zero-order chi connectivity index (χ0) is 14.5. The van der Waals surface area contributed by atoms with Gasteiger partial charge in [-0.1, -0.05) is 0 Å². The lowest BCUT2D eigenvalue weighted by Crippen LogP contribution is -2.36. The summed E-state index contributed by atoms with van der Waals surface area (Å²) in [4.78, 5) is 14.0. The Morgan fingerprint density at radius 1 is 1.25 bits per heavy atom. The number of hydrogen-bond donors (Lipinski definition) is 1. The van der Waals surface area contributed by atoms with Crippen LogP contribution in [0.25, 0.3) is 0 Å². The summed E-state index contributed by atoms with van der Waals surface area (Å²) in [5.41, 5.74) is 0.861. The molecule has 5 heteroatoms. The minimum Gasteiger partial charge on any atom is -0.490 e. The monoisotopic (exact) mass is 278 g/mol. The predicted octanol–water partition coefficient (Wildman–Crippen LogP) is 1.81. The summed E-state index contributed by atoms with van der Waals surface area (Å²) in [6.45, 7) is 5.75. The minimum atomic E-state index is -0.0860. The highest BCUT2D eigenvalue weighted by Gasteiger charge is 2.31. The van der Waals surface area contributed by atoms with Crippen LogP contribution >= 0.6 is 0 Å². The van der Waals surface area contributed by atoms with Gasteiger partial charge in [-0.15, -0.1) is 0 Å². The molecule has 110 valence electrons. The summed E-state index contributed by atoms with van der Waals surface area (Å²) < 4.78 is 11.1. The van der Waals surface area contributed by atoms with Crippen LogP contribution in [0.1, 0.15) is 20.3 Å². The van der Waals surface area contributed by atoms with Crippen LogP contribution in [0, 0.1) is 0 Å². The molecule has 1 heterocycles. The van der Waals surface area contributed by atoms with Gasteiger partial charge in [0.1, 0.15) is 0 Å². The van der Waals surface area contributed by atoms with Gasteiger partial charge in [-0.05, 0) is 39.4 Å². The van der Waals surface area contributed by atoms with Crippen LogP contribution in [0.5, 0.6) is 11.5 Å². The van der Waals surface area contributed by atoms with Crippen LogP contribution in [0.3, 0.4) is 0 Å². The normalized spacial score (nSPS) is 18.4. The molecule has 0 radical (unpaired) electrons. The second-order valence-electron chi connectivity index (χ2n) is 4.62. The van der Waals surface area contributed by atoms with Gasteiger partial charge in [0.2, 0.25) is 5.91 Å². The Labute approximate surface area is 119 Å². The first-order valence-electron chi connectivity index (χ1n) is 7.09. The third-order valence-electron chi connectivity index (χ3n) is 3.39. The van der Waals surface area contributed by atoms with Crippen molar-refractivity contribution in [1.82, 2.24) is 5.32 Å². The van der Waals surface area contributed by atoms with E-state index in [9.17, 15) is 4.79 Å². The molecule has 1 N–H and O–H groups in total. The molecule has 1 atom stereocenters. The molecule has 1 aliphatic heterocycles. The maximum atomic E-state index is 12.2.